The first-order chi connectivity index (χ1) is 5.81. The highest BCUT2D eigenvalue weighted by Gasteiger charge is 2.02. The van der Waals surface area contributed by atoms with E-state index in [9.17, 15) is 4.79 Å². The largest absolute Gasteiger partial charge is 0.359 e. The lowest BCUT2D eigenvalue weighted by atomic mass is 10.4. The third-order valence-corrected chi connectivity index (χ3v) is 1.56. The first kappa shape index (κ1) is 6.84. The molecule has 0 spiro atoms. The molecule has 2 rings (SSSR count). The van der Waals surface area contributed by atoms with Gasteiger partial charge in [0.1, 0.15) is 5.39 Å². The predicted molar refractivity (Wildman–Crippen MR) is 44.1 cm³/mol. The normalized spacial score (nSPS) is 10.4. The fraction of sp³-hybridized carbons (Fsp3) is 0.167. The number of aromatic nitrogens is 4. The molecule has 0 radical (unpaired) electrons. The Labute approximate surface area is 67.0 Å². The Bertz CT molecular complexity index is 456. The van der Waals surface area contributed by atoms with Crippen LogP contribution in [-0.2, 0) is 0 Å². The van der Waals surface area contributed by atoms with E-state index in [0.29, 0.717) is 17.0 Å². The Hall–Kier alpha value is -1.85. The zero-order valence-corrected chi connectivity index (χ0v) is 6.38. The van der Waals surface area contributed by atoms with Crippen molar-refractivity contribution in [2.45, 2.75) is 0 Å². The van der Waals surface area contributed by atoms with Crippen molar-refractivity contribution in [3.05, 3.63) is 16.6 Å². The molecular formula is C6H7N5O. The van der Waals surface area contributed by atoms with Gasteiger partial charge < -0.3 is 5.32 Å². The fourth-order valence-corrected chi connectivity index (χ4v) is 0.964. The Kier molecular flexibility index (Phi) is 1.33. The lowest BCUT2D eigenvalue weighted by Crippen LogP contribution is -2.10. The molecule has 6 heteroatoms. The summed E-state index contributed by atoms with van der Waals surface area (Å²) in [5.41, 5.74) is 0.293. The molecule has 12 heavy (non-hydrogen) atoms. The molecule has 0 saturated carbocycles. The van der Waals surface area contributed by atoms with E-state index in [1.54, 1.807) is 7.05 Å². The minimum Gasteiger partial charge on any atom is -0.359 e. The summed E-state index contributed by atoms with van der Waals surface area (Å²) in [6.07, 6.45) is 1.45. The highest BCUT2D eigenvalue weighted by atomic mass is 16.1. The second-order valence-electron chi connectivity index (χ2n) is 2.30. The van der Waals surface area contributed by atoms with Crippen molar-refractivity contribution >= 4 is 17.0 Å². The Morgan fingerprint density at radius 2 is 2.42 bits per heavy atom. The molecule has 0 amide bonds. The summed E-state index contributed by atoms with van der Waals surface area (Å²) in [4.78, 5) is 17.8. The smallest absolute Gasteiger partial charge is 0.263 e. The number of nitrogens with zero attached hydrogens (tertiary/aromatic N) is 2. The van der Waals surface area contributed by atoms with Gasteiger partial charge in [0.05, 0.1) is 6.20 Å². The molecule has 2 aromatic heterocycles. The van der Waals surface area contributed by atoms with Crippen LogP contribution in [0.2, 0.25) is 0 Å². The second-order valence-corrected chi connectivity index (χ2v) is 2.30. The fourth-order valence-electron chi connectivity index (χ4n) is 0.964. The molecule has 0 aliphatic carbocycles. The lowest BCUT2D eigenvalue weighted by molar-refractivity contribution is 1.08. The van der Waals surface area contributed by atoms with Crippen LogP contribution in [-0.4, -0.2) is 27.2 Å². The monoisotopic (exact) mass is 165 g/mol. The molecule has 3 N–H and O–H groups in total. The van der Waals surface area contributed by atoms with Crippen molar-refractivity contribution in [3.63, 3.8) is 0 Å². The van der Waals surface area contributed by atoms with E-state index in [0.717, 1.165) is 0 Å². The number of fused-ring (bicyclic) bond motifs is 1. The molecule has 62 valence electrons. The zero-order valence-electron chi connectivity index (χ0n) is 6.38. The van der Waals surface area contributed by atoms with Crippen molar-refractivity contribution in [1.82, 2.24) is 20.2 Å². The maximum atomic E-state index is 11.2. The molecule has 0 unspecified atom stereocenters. The van der Waals surface area contributed by atoms with E-state index in [4.69, 9.17) is 0 Å². The van der Waals surface area contributed by atoms with Crippen LogP contribution in [0, 0.1) is 0 Å². The Morgan fingerprint density at radius 1 is 1.58 bits per heavy atom. The van der Waals surface area contributed by atoms with Gasteiger partial charge in [0.25, 0.3) is 5.56 Å². The number of hydrogen-bond donors (Lipinski definition) is 3. The highest BCUT2D eigenvalue weighted by Crippen LogP contribution is 2.02. The van der Waals surface area contributed by atoms with E-state index < -0.39 is 0 Å². The van der Waals surface area contributed by atoms with E-state index >= 15 is 0 Å². The molecule has 2 heterocycles. The lowest BCUT2D eigenvalue weighted by Gasteiger charge is -1.95. The number of rotatable bonds is 1. The molecule has 0 bridgehead atoms. The van der Waals surface area contributed by atoms with E-state index in [1.807, 2.05) is 0 Å². The van der Waals surface area contributed by atoms with Crippen LogP contribution in [0.3, 0.4) is 0 Å². The van der Waals surface area contributed by atoms with Crippen molar-refractivity contribution in [3.8, 4) is 0 Å². The number of H-pyrrole nitrogens is 2. The van der Waals surface area contributed by atoms with Gasteiger partial charge in [-0.25, -0.2) is 0 Å². The summed E-state index contributed by atoms with van der Waals surface area (Å²) in [5.74, 6) is 0.428. The van der Waals surface area contributed by atoms with Crippen LogP contribution < -0.4 is 10.9 Å². The van der Waals surface area contributed by atoms with Gasteiger partial charge in [-0.15, -0.1) is 0 Å². The average Bonchev–Trinajstić information content (AvgIpc) is 2.52. The highest BCUT2D eigenvalue weighted by molar-refractivity contribution is 5.73. The maximum Gasteiger partial charge on any atom is 0.263 e. The molecule has 6 nitrogen and oxygen atoms in total. The maximum absolute atomic E-state index is 11.2. The van der Waals surface area contributed by atoms with Crippen LogP contribution in [0.5, 0.6) is 0 Å². The third-order valence-electron chi connectivity index (χ3n) is 1.56. The van der Waals surface area contributed by atoms with E-state index in [2.05, 4.69) is 25.5 Å². The van der Waals surface area contributed by atoms with E-state index in [-0.39, 0.29) is 5.56 Å². The molecular weight excluding hydrogens is 158 g/mol. The van der Waals surface area contributed by atoms with Gasteiger partial charge in [-0.05, 0) is 0 Å². The molecule has 2 aromatic rings. The van der Waals surface area contributed by atoms with Gasteiger partial charge in [-0.2, -0.15) is 10.1 Å². The quantitative estimate of drug-likeness (QED) is 0.541. The minimum atomic E-state index is -0.196. The summed E-state index contributed by atoms with van der Waals surface area (Å²) in [7, 11) is 1.68. The van der Waals surface area contributed by atoms with Crippen LogP contribution in [0.1, 0.15) is 0 Å². The van der Waals surface area contributed by atoms with Crippen LogP contribution in [0.4, 0.5) is 5.95 Å². The first-order valence-corrected chi connectivity index (χ1v) is 3.42. The molecule has 0 aliphatic rings. The Balaban J connectivity index is 2.84. The Morgan fingerprint density at radius 3 is 3.17 bits per heavy atom. The first-order valence-electron chi connectivity index (χ1n) is 3.42. The molecule has 0 saturated heterocycles. The molecule has 0 fully saturated rings. The number of hydrogen-bond acceptors (Lipinski definition) is 4. The van der Waals surface area contributed by atoms with Crippen LogP contribution >= 0.6 is 0 Å². The molecule has 0 atom stereocenters. The van der Waals surface area contributed by atoms with Crippen molar-refractivity contribution in [2.75, 3.05) is 12.4 Å². The van der Waals surface area contributed by atoms with Crippen LogP contribution in [0.25, 0.3) is 11.0 Å². The number of aromatic amines is 2. The number of nitrogens with one attached hydrogen (secondary N) is 3. The SMILES string of the molecule is CNc1nc2[nH]ncc2c(=O)[nH]1. The summed E-state index contributed by atoms with van der Waals surface area (Å²) in [6.45, 7) is 0. The summed E-state index contributed by atoms with van der Waals surface area (Å²) < 4.78 is 0. The van der Waals surface area contributed by atoms with E-state index in [1.165, 1.54) is 6.20 Å². The molecule has 0 aliphatic heterocycles. The summed E-state index contributed by atoms with van der Waals surface area (Å²) in [6, 6.07) is 0. The topological polar surface area (TPSA) is 86.5 Å². The average molecular weight is 165 g/mol. The second kappa shape index (κ2) is 2.33. The van der Waals surface area contributed by atoms with Gasteiger partial charge in [0.15, 0.2) is 5.65 Å². The summed E-state index contributed by atoms with van der Waals surface area (Å²) >= 11 is 0. The zero-order chi connectivity index (χ0) is 8.55. The van der Waals surface area contributed by atoms with Gasteiger partial charge in [-0.3, -0.25) is 14.9 Å². The van der Waals surface area contributed by atoms with Gasteiger partial charge in [0, 0.05) is 7.05 Å². The van der Waals surface area contributed by atoms with Crippen molar-refractivity contribution in [2.24, 2.45) is 0 Å². The molecule has 0 aromatic carbocycles. The standard InChI is InChI=1S/C6H7N5O/c1-7-6-9-4-3(2-8-11-4)5(12)10-6/h2H,1H3,(H3,7,8,9,10,11,12). The summed E-state index contributed by atoms with van der Waals surface area (Å²) in [5, 5.41) is 9.52. The van der Waals surface area contributed by atoms with Gasteiger partial charge in [0.2, 0.25) is 5.95 Å². The van der Waals surface area contributed by atoms with Crippen LogP contribution in [0.15, 0.2) is 11.0 Å². The predicted octanol–water partition coefficient (Wildman–Crippen LogP) is -0.312. The van der Waals surface area contributed by atoms with Crippen molar-refractivity contribution < 1.29 is 0 Å². The third kappa shape index (κ3) is 0.849. The van der Waals surface area contributed by atoms with Gasteiger partial charge >= 0.3 is 0 Å². The number of anilines is 1. The minimum absolute atomic E-state index is 0.196. The van der Waals surface area contributed by atoms with Crippen molar-refractivity contribution in [1.29, 1.82) is 0 Å². The van der Waals surface area contributed by atoms with Gasteiger partial charge in [-0.1, -0.05) is 0 Å².